The highest BCUT2D eigenvalue weighted by molar-refractivity contribution is 14.1. The normalized spacial score (nSPS) is 25.6. The Kier molecular flexibility index (Phi) is 4.83. The van der Waals surface area contributed by atoms with Gasteiger partial charge in [-0.25, -0.2) is 0 Å². The van der Waals surface area contributed by atoms with E-state index in [4.69, 9.17) is 5.73 Å². The SMILES string of the molecule is CN(C)c1cc(I)c(O)c2c1CC1CC3CC(=O)C(C(N)=O)=C(O)C3C(=O)C1=C2O. The van der Waals surface area contributed by atoms with Gasteiger partial charge in [-0.05, 0) is 58.9 Å². The van der Waals surface area contributed by atoms with Crippen LogP contribution in [0.1, 0.15) is 24.0 Å². The summed E-state index contributed by atoms with van der Waals surface area (Å²) in [7, 11) is 3.71. The summed E-state index contributed by atoms with van der Waals surface area (Å²) in [5, 5.41) is 32.2. The minimum absolute atomic E-state index is 0.0609. The maximum absolute atomic E-state index is 13.3. The number of anilines is 1. The number of rotatable bonds is 2. The molecule has 0 aromatic heterocycles. The number of phenolic OH excluding ortho intramolecular Hbond substituents is 1. The lowest BCUT2D eigenvalue weighted by Crippen LogP contribution is -2.44. The Morgan fingerprint density at radius 2 is 1.87 bits per heavy atom. The summed E-state index contributed by atoms with van der Waals surface area (Å²) in [6.07, 6.45) is 0.730. The van der Waals surface area contributed by atoms with Crippen LogP contribution in [0.4, 0.5) is 5.69 Å². The van der Waals surface area contributed by atoms with Crippen molar-refractivity contribution in [1.29, 1.82) is 0 Å². The molecule has 3 aliphatic carbocycles. The monoisotopic (exact) mass is 524 g/mol. The van der Waals surface area contributed by atoms with E-state index >= 15 is 0 Å². The number of hydrogen-bond acceptors (Lipinski definition) is 7. The Bertz CT molecular complexity index is 1090. The lowest BCUT2D eigenvalue weighted by atomic mass is 9.61. The van der Waals surface area contributed by atoms with E-state index in [1.54, 1.807) is 0 Å². The van der Waals surface area contributed by atoms with E-state index in [1.807, 2.05) is 47.7 Å². The van der Waals surface area contributed by atoms with Gasteiger partial charge in [-0.15, -0.1) is 0 Å². The second kappa shape index (κ2) is 7.00. The molecular formula is C21H21IN2O6. The molecule has 5 N–H and O–H groups in total. The number of halogens is 1. The van der Waals surface area contributed by atoms with Gasteiger partial charge >= 0.3 is 0 Å². The summed E-state index contributed by atoms with van der Waals surface area (Å²) in [6, 6.07) is 1.82. The molecule has 0 saturated heterocycles. The molecule has 0 aliphatic heterocycles. The number of hydrogen-bond donors (Lipinski definition) is 4. The van der Waals surface area contributed by atoms with Crippen LogP contribution in [0.3, 0.4) is 0 Å². The highest BCUT2D eigenvalue weighted by Crippen LogP contribution is 2.52. The molecule has 9 heteroatoms. The van der Waals surface area contributed by atoms with Crippen molar-refractivity contribution >= 4 is 51.5 Å². The van der Waals surface area contributed by atoms with E-state index in [9.17, 15) is 29.7 Å². The molecule has 158 valence electrons. The molecule has 1 amide bonds. The van der Waals surface area contributed by atoms with Crippen LogP contribution in [0.2, 0.25) is 0 Å². The minimum atomic E-state index is -1.10. The zero-order valence-corrected chi connectivity index (χ0v) is 18.6. The zero-order chi connectivity index (χ0) is 22.1. The average molecular weight is 524 g/mol. The number of Topliss-reactive ketones (excluding diaryl/α,β-unsaturated/α-hetero) is 2. The molecule has 0 bridgehead atoms. The number of aromatic hydroxyl groups is 1. The second-order valence-electron chi connectivity index (χ2n) is 8.23. The minimum Gasteiger partial charge on any atom is -0.511 e. The first-order valence-corrected chi connectivity index (χ1v) is 10.6. The van der Waals surface area contributed by atoms with Crippen LogP contribution in [0.25, 0.3) is 5.76 Å². The lowest BCUT2D eigenvalue weighted by molar-refractivity contribution is -0.127. The van der Waals surface area contributed by atoms with Crippen molar-refractivity contribution in [3.8, 4) is 5.75 Å². The number of carbonyl (C=O) groups is 3. The third-order valence-corrected chi connectivity index (χ3v) is 7.12. The Morgan fingerprint density at radius 1 is 1.20 bits per heavy atom. The van der Waals surface area contributed by atoms with Crippen molar-refractivity contribution in [2.24, 2.45) is 23.5 Å². The number of aliphatic hydroxyl groups is 2. The molecule has 0 heterocycles. The molecule has 1 aromatic rings. The van der Waals surface area contributed by atoms with E-state index in [2.05, 4.69) is 0 Å². The van der Waals surface area contributed by atoms with Gasteiger partial charge in [0.25, 0.3) is 5.91 Å². The predicted molar refractivity (Wildman–Crippen MR) is 117 cm³/mol. The average Bonchev–Trinajstić information content (AvgIpc) is 2.63. The van der Waals surface area contributed by atoms with Crippen LogP contribution in [0, 0.1) is 21.3 Å². The molecule has 30 heavy (non-hydrogen) atoms. The molecule has 3 atom stereocenters. The third-order valence-electron chi connectivity index (χ3n) is 6.30. The van der Waals surface area contributed by atoms with Crippen LogP contribution in [-0.4, -0.2) is 46.9 Å². The van der Waals surface area contributed by atoms with Crippen LogP contribution >= 0.6 is 22.6 Å². The third kappa shape index (κ3) is 2.82. The van der Waals surface area contributed by atoms with Crippen molar-refractivity contribution in [1.82, 2.24) is 0 Å². The van der Waals surface area contributed by atoms with E-state index in [1.165, 1.54) is 0 Å². The lowest BCUT2D eigenvalue weighted by Gasteiger charge is -2.41. The first-order chi connectivity index (χ1) is 14.0. The van der Waals surface area contributed by atoms with Crippen molar-refractivity contribution < 1.29 is 29.7 Å². The molecule has 3 aliphatic rings. The number of carbonyl (C=O) groups excluding carboxylic acids is 3. The number of aliphatic hydroxyl groups excluding tert-OH is 2. The number of amides is 1. The van der Waals surface area contributed by atoms with Crippen LogP contribution in [0.5, 0.6) is 5.75 Å². The number of phenols is 1. The van der Waals surface area contributed by atoms with Crippen molar-refractivity contribution in [3.63, 3.8) is 0 Å². The van der Waals surface area contributed by atoms with Gasteiger partial charge in [-0.2, -0.15) is 0 Å². The summed E-state index contributed by atoms with van der Waals surface area (Å²) >= 11 is 1.97. The molecule has 1 fully saturated rings. The van der Waals surface area contributed by atoms with Gasteiger partial charge in [0.15, 0.2) is 11.6 Å². The second-order valence-corrected chi connectivity index (χ2v) is 9.39. The smallest absolute Gasteiger partial charge is 0.255 e. The van der Waals surface area contributed by atoms with Gasteiger partial charge in [-0.3, -0.25) is 14.4 Å². The maximum atomic E-state index is 13.3. The fraction of sp³-hybridized carbons (Fsp3) is 0.381. The van der Waals surface area contributed by atoms with E-state index in [-0.39, 0.29) is 35.0 Å². The molecule has 3 unspecified atom stereocenters. The Labute approximate surface area is 186 Å². The molecule has 0 radical (unpaired) electrons. The standard InChI is InChI=1S/C21H21IN2O6/c1-24(2)11-6-10(22)17(26)15-9(11)4-7-3-8-5-12(25)16(21(23)30)20(29)14(8)18(27)13(7)19(15)28/h6-8,14,26,28-29H,3-5H2,1-2H3,(H2,23,30). The van der Waals surface area contributed by atoms with Gasteiger partial charge in [0.05, 0.1) is 15.1 Å². The summed E-state index contributed by atoms with van der Waals surface area (Å²) in [4.78, 5) is 39.2. The predicted octanol–water partition coefficient (Wildman–Crippen LogP) is 1.98. The van der Waals surface area contributed by atoms with Crippen molar-refractivity contribution in [3.05, 3.63) is 37.7 Å². The van der Waals surface area contributed by atoms with Gasteiger partial charge in [0.1, 0.15) is 22.8 Å². The molecular weight excluding hydrogens is 503 g/mol. The fourth-order valence-electron chi connectivity index (χ4n) is 5.06. The summed E-state index contributed by atoms with van der Waals surface area (Å²) < 4.78 is 0.531. The molecule has 0 spiro atoms. The number of fused-ring (bicyclic) bond motifs is 3. The van der Waals surface area contributed by atoms with Crippen LogP contribution < -0.4 is 10.6 Å². The Balaban J connectivity index is 1.92. The zero-order valence-electron chi connectivity index (χ0n) is 16.4. The Morgan fingerprint density at radius 3 is 2.47 bits per heavy atom. The number of nitrogens with zero attached hydrogens (tertiary/aromatic N) is 1. The molecule has 4 rings (SSSR count). The van der Waals surface area contributed by atoms with Gasteiger partial charge in [-0.1, -0.05) is 0 Å². The summed E-state index contributed by atoms with van der Waals surface area (Å²) in [6.45, 7) is 0. The summed E-state index contributed by atoms with van der Waals surface area (Å²) in [5.41, 5.74) is 6.59. The summed E-state index contributed by atoms with van der Waals surface area (Å²) in [5.74, 6) is -5.13. The van der Waals surface area contributed by atoms with Crippen molar-refractivity contribution in [2.45, 2.75) is 19.3 Å². The van der Waals surface area contributed by atoms with E-state index in [0.717, 1.165) is 11.3 Å². The molecule has 1 saturated carbocycles. The highest BCUT2D eigenvalue weighted by atomic mass is 127. The van der Waals surface area contributed by atoms with Crippen molar-refractivity contribution in [2.75, 3.05) is 19.0 Å². The first kappa shape index (κ1) is 20.7. The fourth-order valence-corrected chi connectivity index (χ4v) is 5.62. The van der Waals surface area contributed by atoms with Crippen LogP contribution in [0.15, 0.2) is 23.0 Å². The highest BCUT2D eigenvalue weighted by Gasteiger charge is 2.51. The van der Waals surface area contributed by atoms with E-state index in [0.29, 0.717) is 16.4 Å². The quantitative estimate of drug-likeness (QED) is 0.343. The van der Waals surface area contributed by atoms with Crippen LogP contribution in [-0.2, 0) is 20.8 Å². The number of allylic oxidation sites excluding steroid dienone is 2. The number of primary amides is 1. The molecule has 8 nitrogen and oxygen atoms in total. The van der Waals surface area contributed by atoms with Gasteiger partial charge in [0.2, 0.25) is 0 Å². The molecule has 1 aromatic carbocycles. The van der Waals surface area contributed by atoms with Gasteiger partial charge in [0, 0.05) is 31.8 Å². The maximum Gasteiger partial charge on any atom is 0.255 e. The first-order valence-electron chi connectivity index (χ1n) is 9.50. The Hall–Kier alpha value is -2.56. The number of nitrogens with two attached hydrogens (primary N) is 1. The van der Waals surface area contributed by atoms with E-state index < -0.39 is 40.6 Å². The topological polar surface area (TPSA) is 141 Å². The number of ketones is 2. The largest absolute Gasteiger partial charge is 0.511 e. The van der Waals surface area contributed by atoms with Gasteiger partial charge < -0.3 is 26.0 Å². The number of benzene rings is 1.